The van der Waals surface area contributed by atoms with Gasteiger partial charge in [0.25, 0.3) is 0 Å². The van der Waals surface area contributed by atoms with Crippen LogP contribution in [0.4, 0.5) is 5.82 Å². The molecule has 1 saturated heterocycles. The number of aromatic nitrogens is 2. The Hall–Kier alpha value is -1.65. The van der Waals surface area contributed by atoms with E-state index in [-0.39, 0.29) is 5.91 Å². The zero-order valence-corrected chi connectivity index (χ0v) is 14.7. The van der Waals surface area contributed by atoms with E-state index < -0.39 is 0 Å². The Kier molecular flexibility index (Phi) is 4.55. The topological polar surface area (TPSA) is 58.1 Å². The van der Waals surface area contributed by atoms with Gasteiger partial charge in [-0.25, -0.2) is 9.97 Å². The van der Waals surface area contributed by atoms with E-state index in [0.717, 1.165) is 49.2 Å². The third-order valence-electron chi connectivity index (χ3n) is 5.51. The predicted octanol–water partition coefficient (Wildman–Crippen LogP) is 2.53. The molecule has 0 radical (unpaired) electrons. The number of carbonyl (C=O) groups excluding carboxylic acids is 1. The van der Waals surface area contributed by atoms with Crippen LogP contribution in [-0.2, 0) is 4.79 Å². The smallest absolute Gasteiger partial charge is 0.219 e. The number of anilines is 1. The number of fused-ring (bicyclic) bond motifs is 1. The second-order valence-corrected chi connectivity index (χ2v) is 7.16. The van der Waals surface area contributed by atoms with E-state index in [4.69, 9.17) is 4.98 Å². The fourth-order valence-corrected chi connectivity index (χ4v) is 4.12. The van der Waals surface area contributed by atoms with Gasteiger partial charge in [-0.2, -0.15) is 0 Å². The summed E-state index contributed by atoms with van der Waals surface area (Å²) in [5.41, 5.74) is 2.28. The van der Waals surface area contributed by atoms with Gasteiger partial charge >= 0.3 is 0 Å². The second-order valence-electron chi connectivity index (χ2n) is 7.16. The summed E-state index contributed by atoms with van der Waals surface area (Å²) in [5.74, 6) is 3.55. The lowest BCUT2D eigenvalue weighted by Gasteiger charge is -2.31. The van der Waals surface area contributed by atoms with Gasteiger partial charge in [0.2, 0.25) is 5.91 Å². The molecule has 1 aliphatic carbocycles. The number of rotatable bonds is 3. The van der Waals surface area contributed by atoms with Gasteiger partial charge in [0, 0.05) is 36.8 Å². The molecule has 3 unspecified atom stereocenters. The molecule has 1 aromatic rings. The van der Waals surface area contributed by atoms with E-state index in [2.05, 4.69) is 29.0 Å². The molecule has 0 aromatic carbocycles. The average Bonchev–Trinajstić information content (AvgIpc) is 2.93. The Morgan fingerprint density at radius 3 is 2.65 bits per heavy atom. The van der Waals surface area contributed by atoms with Crippen molar-refractivity contribution in [1.82, 2.24) is 15.3 Å². The molecule has 1 amide bonds. The summed E-state index contributed by atoms with van der Waals surface area (Å²) in [5, 5.41) is 3.18. The second kappa shape index (κ2) is 6.46. The van der Waals surface area contributed by atoms with Crippen LogP contribution in [0, 0.1) is 32.6 Å². The first kappa shape index (κ1) is 16.2. The highest BCUT2D eigenvalue weighted by Crippen LogP contribution is 2.38. The van der Waals surface area contributed by atoms with E-state index in [9.17, 15) is 4.79 Å². The molecule has 3 atom stereocenters. The van der Waals surface area contributed by atoms with Crippen molar-refractivity contribution in [2.75, 3.05) is 18.0 Å². The Bertz CT molecular complexity index is 601. The minimum atomic E-state index is 0.182. The molecule has 1 saturated carbocycles. The van der Waals surface area contributed by atoms with Crippen molar-refractivity contribution < 1.29 is 4.79 Å². The number of aryl methyl sites for hydroxylation is 2. The van der Waals surface area contributed by atoms with Gasteiger partial charge in [-0.15, -0.1) is 0 Å². The Morgan fingerprint density at radius 1 is 1.17 bits per heavy atom. The third kappa shape index (κ3) is 3.33. The molecular weight excluding hydrogens is 288 g/mol. The van der Waals surface area contributed by atoms with Crippen LogP contribution < -0.4 is 10.2 Å². The number of nitrogens with one attached hydrogen (secondary N) is 1. The number of hydrogen-bond donors (Lipinski definition) is 1. The van der Waals surface area contributed by atoms with Crippen LogP contribution in [0.3, 0.4) is 0 Å². The molecule has 2 fully saturated rings. The van der Waals surface area contributed by atoms with Gasteiger partial charge in [-0.05, 0) is 51.9 Å². The van der Waals surface area contributed by atoms with Crippen LogP contribution in [0.5, 0.6) is 0 Å². The largest absolute Gasteiger partial charge is 0.356 e. The lowest BCUT2D eigenvalue weighted by Crippen LogP contribution is -2.40. The Labute approximate surface area is 138 Å². The number of nitrogens with zero attached hydrogens (tertiary/aromatic N) is 3. The van der Waals surface area contributed by atoms with E-state index in [1.54, 1.807) is 0 Å². The molecule has 1 aromatic heterocycles. The van der Waals surface area contributed by atoms with Crippen molar-refractivity contribution in [2.45, 2.75) is 59.4 Å². The lowest BCUT2D eigenvalue weighted by atomic mass is 9.79. The molecule has 0 spiro atoms. The first-order valence-corrected chi connectivity index (χ1v) is 8.84. The Balaban J connectivity index is 1.70. The summed E-state index contributed by atoms with van der Waals surface area (Å²) < 4.78 is 0. The molecule has 1 aliphatic heterocycles. The lowest BCUT2D eigenvalue weighted by molar-refractivity contribution is -0.121. The summed E-state index contributed by atoms with van der Waals surface area (Å²) in [7, 11) is 0. The highest BCUT2D eigenvalue weighted by molar-refractivity contribution is 5.75. The summed E-state index contributed by atoms with van der Waals surface area (Å²) in [4.78, 5) is 23.2. The molecule has 2 heterocycles. The third-order valence-corrected chi connectivity index (χ3v) is 5.51. The molecule has 0 bridgehead atoms. The summed E-state index contributed by atoms with van der Waals surface area (Å²) in [6.45, 7) is 10.2. The molecular formula is C18H28N4O. The zero-order valence-electron chi connectivity index (χ0n) is 14.7. The van der Waals surface area contributed by atoms with Crippen LogP contribution in [0.25, 0.3) is 0 Å². The van der Waals surface area contributed by atoms with Crippen molar-refractivity contribution in [3.05, 3.63) is 17.1 Å². The quantitative estimate of drug-likeness (QED) is 0.931. The average molecular weight is 316 g/mol. The van der Waals surface area contributed by atoms with Crippen LogP contribution in [0.15, 0.2) is 0 Å². The van der Waals surface area contributed by atoms with Gasteiger partial charge < -0.3 is 10.2 Å². The number of carbonyl (C=O) groups is 1. The summed E-state index contributed by atoms with van der Waals surface area (Å²) in [6, 6.07) is 0.360. The highest BCUT2D eigenvalue weighted by Gasteiger charge is 2.39. The van der Waals surface area contributed by atoms with Crippen molar-refractivity contribution in [2.24, 2.45) is 11.8 Å². The normalized spacial score (nSPS) is 27.0. The van der Waals surface area contributed by atoms with Gasteiger partial charge in [0.1, 0.15) is 11.6 Å². The molecule has 3 rings (SSSR count). The van der Waals surface area contributed by atoms with Crippen molar-refractivity contribution in [3.63, 3.8) is 0 Å². The Morgan fingerprint density at radius 2 is 1.91 bits per heavy atom. The molecule has 5 heteroatoms. The standard InChI is InChI=1S/C18H28N4O/c1-5-17(23)21-16-7-6-14-9-22(10-15(14)8-16)18-11(2)12(3)19-13(4)20-18/h14-16H,5-10H2,1-4H3,(H,21,23). The van der Waals surface area contributed by atoms with E-state index in [1.165, 1.54) is 12.0 Å². The molecule has 5 nitrogen and oxygen atoms in total. The molecule has 1 N–H and O–H groups in total. The minimum absolute atomic E-state index is 0.182. The van der Waals surface area contributed by atoms with E-state index in [1.807, 2.05) is 13.8 Å². The van der Waals surface area contributed by atoms with Crippen LogP contribution in [-0.4, -0.2) is 35.0 Å². The maximum atomic E-state index is 11.6. The highest BCUT2D eigenvalue weighted by atomic mass is 16.1. The van der Waals surface area contributed by atoms with E-state index in [0.29, 0.717) is 18.4 Å². The van der Waals surface area contributed by atoms with Gasteiger partial charge in [-0.3, -0.25) is 4.79 Å². The number of amides is 1. The van der Waals surface area contributed by atoms with Gasteiger partial charge in [-0.1, -0.05) is 6.92 Å². The van der Waals surface area contributed by atoms with E-state index >= 15 is 0 Å². The predicted molar refractivity (Wildman–Crippen MR) is 91.5 cm³/mol. The van der Waals surface area contributed by atoms with Crippen LogP contribution in [0.1, 0.15) is 49.7 Å². The van der Waals surface area contributed by atoms with Gasteiger partial charge in [0.15, 0.2) is 0 Å². The molecule has 2 aliphatic rings. The summed E-state index contributed by atoms with van der Waals surface area (Å²) in [6.07, 6.45) is 4.00. The SMILES string of the molecule is CCC(=O)NC1CCC2CN(c3nc(C)nc(C)c3C)CC2C1. The summed E-state index contributed by atoms with van der Waals surface area (Å²) >= 11 is 0. The van der Waals surface area contributed by atoms with Crippen molar-refractivity contribution >= 4 is 11.7 Å². The fraction of sp³-hybridized carbons (Fsp3) is 0.722. The van der Waals surface area contributed by atoms with Crippen molar-refractivity contribution in [3.8, 4) is 0 Å². The van der Waals surface area contributed by atoms with Crippen LogP contribution in [0.2, 0.25) is 0 Å². The maximum Gasteiger partial charge on any atom is 0.219 e. The van der Waals surface area contributed by atoms with Gasteiger partial charge in [0.05, 0.1) is 0 Å². The molecule has 126 valence electrons. The number of hydrogen-bond acceptors (Lipinski definition) is 4. The van der Waals surface area contributed by atoms with Crippen LogP contribution >= 0.6 is 0 Å². The zero-order chi connectivity index (χ0) is 16.6. The minimum Gasteiger partial charge on any atom is -0.356 e. The monoisotopic (exact) mass is 316 g/mol. The maximum absolute atomic E-state index is 11.6. The first-order chi connectivity index (χ1) is 11.0. The van der Waals surface area contributed by atoms with Crippen molar-refractivity contribution in [1.29, 1.82) is 0 Å². The first-order valence-electron chi connectivity index (χ1n) is 8.84. The fourth-order valence-electron chi connectivity index (χ4n) is 4.12. The molecule has 23 heavy (non-hydrogen) atoms.